The van der Waals surface area contributed by atoms with Crippen molar-refractivity contribution in [3.8, 4) is 5.75 Å². The number of aliphatic hydroxyl groups excluding tert-OH is 1. The summed E-state index contributed by atoms with van der Waals surface area (Å²) in [6, 6.07) is 6.56. The molecule has 0 saturated carbocycles. The molecule has 1 aromatic carbocycles. The number of rotatable bonds is 10. The number of ether oxygens (including phenoxy) is 1. The van der Waals surface area contributed by atoms with Crippen LogP contribution in [0, 0.1) is 13.8 Å². The zero-order valence-corrected chi connectivity index (χ0v) is 19.7. The van der Waals surface area contributed by atoms with E-state index in [9.17, 15) is 14.7 Å². The van der Waals surface area contributed by atoms with Crippen molar-refractivity contribution < 1.29 is 19.4 Å². The zero-order chi connectivity index (χ0) is 23.4. The molecule has 3 rings (SSSR count). The fraction of sp³-hybridized carbons (Fsp3) is 0.375. The van der Waals surface area contributed by atoms with Gasteiger partial charge in [0, 0.05) is 6.54 Å². The summed E-state index contributed by atoms with van der Waals surface area (Å²) in [4.78, 5) is 35.0. The van der Waals surface area contributed by atoms with Gasteiger partial charge in [-0.05, 0) is 58.6 Å². The Morgan fingerprint density at radius 2 is 2.12 bits per heavy atom. The number of amides is 1. The molecule has 1 aliphatic rings. The fourth-order valence-corrected chi connectivity index (χ4v) is 4.69. The number of nitrogens with zero attached hydrogens (tertiary/aromatic N) is 3. The maximum absolute atomic E-state index is 13.5. The third-order valence-electron chi connectivity index (χ3n) is 5.20. The van der Waals surface area contributed by atoms with Gasteiger partial charge in [0.15, 0.2) is 5.76 Å². The van der Waals surface area contributed by atoms with Crippen LogP contribution in [0.25, 0.3) is 0 Å². The summed E-state index contributed by atoms with van der Waals surface area (Å²) in [6.07, 6.45) is 2.35. The Hall–Kier alpha value is -2.97. The number of Topliss-reactive ketones (excluding diaryl/α,β-unsaturated/α-hetero) is 1. The standard InChI is InChI=1S/C24H29N3O4S/c1-6-13-31-18-10-7-9-17(14-18)20-19(21(28)23-15(2)25-16(3)32-23)22(29)24(30)27(20)12-8-11-26(4)5/h6-7,9-10,14,20,29H,1,8,11-13H2,2-5H3. The van der Waals surface area contributed by atoms with Gasteiger partial charge >= 0.3 is 0 Å². The number of benzene rings is 1. The number of carbonyl (C=O) groups excluding carboxylic acids is 2. The van der Waals surface area contributed by atoms with Crippen molar-refractivity contribution in [1.82, 2.24) is 14.8 Å². The highest BCUT2D eigenvalue weighted by atomic mass is 32.1. The lowest BCUT2D eigenvalue weighted by Crippen LogP contribution is -2.33. The molecule has 0 saturated heterocycles. The zero-order valence-electron chi connectivity index (χ0n) is 18.9. The van der Waals surface area contributed by atoms with Gasteiger partial charge in [0.1, 0.15) is 12.4 Å². The lowest BCUT2D eigenvalue weighted by molar-refractivity contribution is -0.129. The molecule has 1 atom stereocenters. The van der Waals surface area contributed by atoms with Gasteiger partial charge in [-0.25, -0.2) is 4.98 Å². The maximum Gasteiger partial charge on any atom is 0.290 e. The van der Waals surface area contributed by atoms with E-state index < -0.39 is 17.7 Å². The number of ketones is 1. The van der Waals surface area contributed by atoms with E-state index in [4.69, 9.17) is 4.74 Å². The number of hydrogen-bond donors (Lipinski definition) is 1. The molecule has 1 aromatic heterocycles. The molecule has 0 bridgehead atoms. The lowest BCUT2D eigenvalue weighted by atomic mass is 9.95. The Bertz CT molecular complexity index is 1060. The summed E-state index contributed by atoms with van der Waals surface area (Å²) in [5.74, 6) is -0.788. The molecule has 8 heteroatoms. The Kier molecular flexibility index (Phi) is 7.48. The molecule has 2 heterocycles. The fourth-order valence-electron chi connectivity index (χ4n) is 3.81. The van der Waals surface area contributed by atoms with Crippen molar-refractivity contribution in [2.24, 2.45) is 0 Å². The van der Waals surface area contributed by atoms with Gasteiger partial charge in [-0.15, -0.1) is 11.3 Å². The number of carbonyl (C=O) groups is 2. The van der Waals surface area contributed by atoms with Gasteiger partial charge in [-0.3, -0.25) is 9.59 Å². The van der Waals surface area contributed by atoms with E-state index in [2.05, 4.69) is 11.6 Å². The van der Waals surface area contributed by atoms with Crippen LogP contribution in [0.15, 0.2) is 48.3 Å². The van der Waals surface area contributed by atoms with Crippen LogP contribution in [0.5, 0.6) is 5.75 Å². The minimum absolute atomic E-state index is 0.0903. The average molecular weight is 456 g/mol. The molecule has 7 nitrogen and oxygen atoms in total. The molecular weight excluding hydrogens is 426 g/mol. The molecule has 0 aliphatic carbocycles. The lowest BCUT2D eigenvalue weighted by Gasteiger charge is -2.27. The summed E-state index contributed by atoms with van der Waals surface area (Å²) in [5, 5.41) is 11.6. The Labute approximate surface area is 192 Å². The molecule has 1 N–H and O–H groups in total. The number of aromatic nitrogens is 1. The molecule has 0 radical (unpaired) electrons. The van der Waals surface area contributed by atoms with E-state index in [1.807, 2.05) is 44.1 Å². The molecule has 170 valence electrons. The normalized spacial score (nSPS) is 16.2. The monoisotopic (exact) mass is 455 g/mol. The SMILES string of the molecule is C=CCOc1cccc(C2C(C(=O)c3sc(C)nc3C)=C(O)C(=O)N2CCCN(C)C)c1. The van der Waals surface area contributed by atoms with E-state index in [0.29, 0.717) is 41.5 Å². The Morgan fingerprint density at radius 3 is 2.75 bits per heavy atom. The average Bonchev–Trinajstić information content (AvgIpc) is 3.22. The van der Waals surface area contributed by atoms with Gasteiger partial charge < -0.3 is 19.6 Å². The van der Waals surface area contributed by atoms with Gasteiger partial charge in [0.05, 0.1) is 27.2 Å². The minimum atomic E-state index is -0.703. The van der Waals surface area contributed by atoms with Crippen molar-refractivity contribution in [2.45, 2.75) is 26.3 Å². The molecule has 1 unspecified atom stereocenters. The second kappa shape index (κ2) is 10.1. The number of thiazole rings is 1. The van der Waals surface area contributed by atoms with E-state index in [-0.39, 0.29) is 11.4 Å². The first-order valence-corrected chi connectivity index (χ1v) is 11.3. The first kappa shape index (κ1) is 23.7. The van der Waals surface area contributed by atoms with Crippen molar-refractivity contribution in [3.05, 3.63) is 69.4 Å². The van der Waals surface area contributed by atoms with Crippen molar-refractivity contribution >= 4 is 23.0 Å². The van der Waals surface area contributed by atoms with Crippen LogP contribution in [0.2, 0.25) is 0 Å². The van der Waals surface area contributed by atoms with E-state index in [1.54, 1.807) is 24.0 Å². The van der Waals surface area contributed by atoms with Gasteiger partial charge in [0.25, 0.3) is 5.91 Å². The minimum Gasteiger partial charge on any atom is -0.503 e. The second-order valence-corrected chi connectivity index (χ2v) is 9.17. The van der Waals surface area contributed by atoms with E-state index >= 15 is 0 Å². The molecule has 1 aliphatic heterocycles. The van der Waals surface area contributed by atoms with Crippen molar-refractivity contribution in [3.63, 3.8) is 0 Å². The maximum atomic E-state index is 13.5. The highest BCUT2D eigenvalue weighted by molar-refractivity contribution is 7.14. The predicted octanol–water partition coefficient (Wildman–Crippen LogP) is 3.85. The molecule has 1 amide bonds. The smallest absolute Gasteiger partial charge is 0.290 e. The van der Waals surface area contributed by atoms with Crippen LogP contribution < -0.4 is 4.74 Å². The number of hydrogen-bond acceptors (Lipinski definition) is 7. The first-order chi connectivity index (χ1) is 15.2. The molecule has 32 heavy (non-hydrogen) atoms. The van der Waals surface area contributed by atoms with Crippen LogP contribution in [0.1, 0.15) is 38.4 Å². The van der Waals surface area contributed by atoms with Gasteiger partial charge in [-0.1, -0.05) is 24.8 Å². The molecular formula is C24H29N3O4S. The largest absolute Gasteiger partial charge is 0.503 e. The molecule has 0 spiro atoms. The third-order valence-corrected chi connectivity index (χ3v) is 6.28. The Morgan fingerprint density at radius 1 is 1.38 bits per heavy atom. The highest BCUT2D eigenvalue weighted by Gasteiger charge is 2.44. The Balaban J connectivity index is 2.04. The van der Waals surface area contributed by atoms with Crippen LogP contribution in [-0.4, -0.2) is 65.4 Å². The van der Waals surface area contributed by atoms with E-state index in [0.717, 1.165) is 11.6 Å². The summed E-state index contributed by atoms with van der Waals surface area (Å²) < 4.78 is 5.66. The van der Waals surface area contributed by atoms with Crippen molar-refractivity contribution in [1.29, 1.82) is 0 Å². The van der Waals surface area contributed by atoms with Crippen LogP contribution in [0.3, 0.4) is 0 Å². The third kappa shape index (κ3) is 4.92. The summed E-state index contributed by atoms with van der Waals surface area (Å²) >= 11 is 1.27. The van der Waals surface area contributed by atoms with Gasteiger partial charge in [0.2, 0.25) is 5.78 Å². The first-order valence-electron chi connectivity index (χ1n) is 10.5. The summed E-state index contributed by atoms with van der Waals surface area (Å²) in [7, 11) is 3.92. The summed E-state index contributed by atoms with van der Waals surface area (Å²) in [6.45, 7) is 8.77. The highest BCUT2D eigenvalue weighted by Crippen LogP contribution is 2.41. The number of aliphatic hydroxyl groups is 1. The predicted molar refractivity (Wildman–Crippen MR) is 125 cm³/mol. The summed E-state index contributed by atoms with van der Waals surface area (Å²) in [5.41, 5.74) is 1.39. The quantitative estimate of drug-likeness (QED) is 0.433. The van der Waals surface area contributed by atoms with Crippen LogP contribution >= 0.6 is 11.3 Å². The molecule has 0 fully saturated rings. The topological polar surface area (TPSA) is 83.0 Å². The van der Waals surface area contributed by atoms with Crippen molar-refractivity contribution in [2.75, 3.05) is 33.8 Å². The van der Waals surface area contributed by atoms with Crippen LogP contribution in [-0.2, 0) is 4.79 Å². The number of aryl methyl sites for hydroxylation is 2. The molecule has 2 aromatic rings. The van der Waals surface area contributed by atoms with E-state index in [1.165, 1.54) is 11.3 Å². The van der Waals surface area contributed by atoms with Crippen LogP contribution in [0.4, 0.5) is 0 Å². The second-order valence-electron chi connectivity index (χ2n) is 7.97. The van der Waals surface area contributed by atoms with Gasteiger partial charge in [-0.2, -0.15) is 0 Å².